The summed E-state index contributed by atoms with van der Waals surface area (Å²) in [5.74, 6) is -0.489. The van der Waals surface area contributed by atoms with E-state index in [1.54, 1.807) is 42.5 Å². The van der Waals surface area contributed by atoms with Crippen molar-refractivity contribution in [2.75, 3.05) is 0 Å². The van der Waals surface area contributed by atoms with Crippen LogP contribution < -0.4 is 4.87 Å². The standard InChI is InChI=1S/C17H9N3O3S2/c21-13-8-4-1-2-5-9(8)14(22)12-10(13)6-3-7-11(12)19-20-16-15(24)18-17(23)25-16/h1-7,24H,(H,18,23). The van der Waals surface area contributed by atoms with Crippen LogP contribution in [0.15, 0.2) is 62.5 Å². The molecule has 0 bridgehead atoms. The Morgan fingerprint density at radius 2 is 1.52 bits per heavy atom. The van der Waals surface area contributed by atoms with Gasteiger partial charge in [0.05, 0.1) is 11.3 Å². The normalized spacial score (nSPS) is 13.2. The highest BCUT2D eigenvalue weighted by Gasteiger charge is 2.31. The molecule has 1 heterocycles. The van der Waals surface area contributed by atoms with Gasteiger partial charge in [0.15, 0.2) is 16.6 Å². The molecule has 0 aliphatic heterocycles. The average Bonchev–Trinajstić information content (AvgIpc) is 2.95. The summed E-state index contributed by atoms with van der Waals surface area (Å²) in [5, 5.41) is 8.68. The SMILES string of the molecule is O=C1c2ccccc2C(=O)c2c(N=Nc3sc(=O)[nH]c3S)cccc21. The smallest absolute Gasteiger partial charge is 0.306 e. The number of hydrogen-bond acceptors (Lipinski definition) is 7. The van der Waals surface area contributed by atoms with E-state index in [4.69, 9.17) is 0 Å². The molecule has 0 fully saturated rings. The molecule has 1 aliphatic carbocycles. The van der Waals surface area contributed by atoms with Crippen LogP contribution >= 0.6 is 24.0 Å². The van der Waals surface area contributed by atoms with Gasteiger partial charge in [-0.25, -0.2) is 0 Å². The van der Waals surface area contributed by atoms with Gasteiger partial charge in [-0.3, -0.25) is 14.4 Å². The number of benzene rings is 2. The van der Waals surface area contributed by atoms with Crippen molar-refractivity contribution in [3.05, 3.63) is 74.4 Å². The lowest BCUT2D eigenvalue weighted by Crippen LogP contribution is -2.20. The highest BCUT2D eigenvalue weighted by molar-refractivity contribution is 7.80. The van der Waals surface area contributed by atoms with E-state index in [0.29, 0.717) is 26.7 Å². The molecule has 8 heteroatoms. The summed E-state index contributed by atoms with van der Waals surface area (Å²) in [5.41, 5.74) is 1.53. The van der Waals surface area contributed by atoms with Crippen LogP contribution in [-0.2, 0) is 0 Å². The fourth-order valence-electron chi connectivity index (χ4n) is 2.69. The van der Waals surface area contributed by atoms with Crippen molar-refractivity contribution < 1.29 is 9.59 Å². The first-order valence-corrected chi connectivity index (χ1v) is 8.48. The number of ketones is 2. The highest BCUT2D eigenvalue weighted by atomic mass is 32.1. The summed E-state index contributed by atoms with van der Waals surface area (Å²) in [4.78, 5) is 39.0. The van der Waals surface area contributed by atoms with Gasteiger partial charge < -0.3 is 4.98 Å². The van der Waals surface area contributed by atoms with Gasteiger partial charge in [0.2, 0.25) is 0 Å². The van der Waals surface area contributed by atoms with E-state index >= 15 is 0 Å². The van der Waals surface area contributed by atoms with E-state index in [-0.39, 0.29) is 27.7 Å². The van der Waals surface area contributed by atoms with Gasteiger partial charge in [0.1, 0.15) is 5.03 Å². The third-order valence-corrected chi connectivity index (χ3v) is 5.03. The molecular formula is C17H9N3O3S2. The lowest BCUT2D eigenvalue weighted by atomic mass is 9.83. The Balaban J connectivity index is 1.85. The number of aromatic amines is 1. The minimum atomic E-state index is -0.297. The number of aromatic nitrogens is 1. The Morgan fingerprint density at radius 1 is 0.840 bits per heavy atom. The van der Waals surface area contributed by atoms with Crippen molar-refractivity contribution in [1.29, 1.82) is 0 Å². The second-order valence-electron chi connectivity index (χ2n) is 5.27. The minimum absolute atomic E-state index is 0.219. The minimum Gasteiger partial charge on any atom is -0.306 e. The monoisotopic (exact) mass is 367 g/mol. The number of azo groups is 1. The van der Waals surface area contributed by atoms with Gasteiger partial charge in [-0.15, -0.1) is 22.9 Å². The fourth-order valence-corrected chi connectivity index (χ4v) is 3.61. The number of carbonyl (C=O) groups excluding carboxylic acids is 2. The fraction of sp³-hybridized carbons (Fsp3) is 0. The van der Waals surface area contributed by atoms with Crippen molar-refractivity contribution in [2.24, 2.45) is 10.2 Å². The average molecular weight is 367 g/mol. The van der Waals surface area contributed by atoms with Gasteiger partial charge in [-0.1, -0.05) is 47.7 Å². The predicted molar refractivity (Wildman–Crippen MR) is 96.1 cm³/mol. The second kappa shape index (κ2) is 5.91. The van der Waals surface area contributed by atoms with Crippen LogP contribution in [0.3, 0.4) is 0 Å². The second-order valence-corrected chi connectivity index (χ2v) is 6.68. The molecule has 6 nitrogen and oxygen atoms in total. The number of nitrogens with one attached hydrogen (secondary N) is 1. The Bertz CT molecular complexity index is 1130. The van der Waals surface area contributed by atoms with Gasteiger partial charge in [-0.2, -0.15) is 0 Å². The Hall–Kier alpha value is -2.84. The van der Waals surface area contributed by atoms with Crippen LogP contribution in [0.25, 0.3) is 0 Å². The molecule has 0 atom stereocenters. The quantitative estimate of drug-likeness (QED) is 0.415. The van der Waals surface area contributed by atoms with Crippen molar-refractivity contribution in [3.8, 4) is 0 Å². The maximum atomic E-state index is 12.8. The Morgan fingerprint density at radius 3 is 2.20 bits per heavy atom. The Labute approximate surface area is 150 Å². The zero-order chi connectivity index (χ0) is 17.6. The van der Waals surface area contributed by atoms with Crippen molar-refractivity contribution in [1.82, 2.24) is 4.98 Å². The molecule has 0 saturated carbocycles. The number of fused-ring (bicyclic) bond motifs is 2. The van der Waals surface area contributed by atoms with Crippen molar-refractivity contribution in [3.63, 3.8) is 0 Å². The summed E-state index contributed by atoms with van der Waals surface area (Å²) < 4.78 is 0. The molecule has 0 saturated heterocycles. The largest absolute Gasteiger partial charge is 0.307 e. The first kappa shape index (κ1) is 15.7. The lowest BCUT2D eigenvalue weighted by molar-refractivity contribution is 0.0979. The van der Waals surface area contributed by atoms with Crippen LogP contribution in [0.2, 0.25) is 0 Å². The molecule has 0 radical (unpaired) electrons. The Kier molecular flexibility index (Phi) is 3.70. The third-order valence-electron chi connectivity index (χ3n) is 3.79. The predicted octanol–water partition coefficient (Wildman–Crippen LogP) is 3.92. The summed E-state index contributed by atoms with van der Waals surface area (Å²) in [6.07, 6.45) is 0. The first-order valence-electron chi connectivity index (χ1n) is 7.21. The molecule has 0 amide bonds. The number of hydrogen-bond donors (Lipinski definition) is 2. The number of thiazole rings is 1. The summed E-state index contributed by atoms with van der Waals surface area (Å²) in [7, 11) is 0. The molecule has 122 valence electrons. The number of carbonyl (C=O) groups is 2. The van der Waals surface area contributed by atoms with Crippen LogP contribution in [0, 0.1) is 0 Å². The van der Waals surface area contributed by atoms with Crippen LogP contribution in [0.1, 0.15) is 31.8 Å². The molecule has 0 spiro atoms. The number of thiol groups is 1. The third kappa shape index (κ3) is 2.55. The molecule has 1 aliphatic rings. The molecule has 2 aromatic carbocycles. The molecule has 25 heavy (non-hydrogen) atoms. The molecule has 1 aromatic heterocycles. The van der Waals surface area contributed by atoms with Gasteiger partial charge in [0, 0.05) is 16.7 Å². The maximum absolute atomic E-state index is 12.8. The summed E-state index contributed by atoms with van der Waals surface area (Å²) >= 11 is 4.97. The summed E-state index contributed by atoms with van der Waals surface area (Å²) in [6.45, 7) is 0. The van der Waals surface area contributed by atoms with Gasteiger partial charge >= 0.3 is 4.87 Å². The molecule has 1 N–H and O–H groups in total. The van der Waals surface area contributed by atoms with Gasteiger partial charge in [0.25, 0.3) is 0 Å². The molecule has 0 unspecified atom stereocenters. The zero-order valence-corrected chi connectivity index (χ0v) is 14.2. The van der Waals surface area contributed by atoms with Crippen LogP contribution in [0.4, 0.5) is 10.7 Å². The van der Waals surface area contributed by atoms with Crippen molar-refractivity contribution >= 4 is 46.2 Å². The van der Waals surface area contributed by atoms with E-state index in [1.165, 1.54) is 0 Å². The summed E-state index contributed by atoms with van der Waals surface area (Å²) in [6, 6.07) is 11.5. The molecule has 3 aromatic rings. The van der Waals surface area contributed by atoms with E-state index in [1.807, 2.05) is 0 Å². The highest BCUT2D eigenvalue weighted by Crippen LogP contribution is 2.34. The lowest BCUT2D eigenvalue weighted by Gasteiger charge is -2.18. The number of nitrogens with zero attached hydrogens (tertiary/aromatic N) is 2. The van der Waals surface area contributed by atoms with E-state index in [0.717, 1.165) is 11.3 Å². The molecular weight excluding hydrogens is 358 g/mol. The van der Waals surface area contributed by atoms with Crippen LogP contribution in [0.5, 0.6) is 0 Å². The van der Waals surface area contributed by atoms with E-state index < -0.39 is 0 Å². The zero-order valence-electron chi connectivity index (χ0n) is 12.5. The topological polar surface area (TPSA) is 91.7 Å². The van der Waals surface area contributed by atoms with Gasteiger partial charge in [-0.05, 0) is 6.07 Å². The number of rotatable bonds is 2. The number of H-pyrrole nitrogens is 1. The van der Waals surface area contributed by atoms with E-state index in [2.05, 4.69) is 27.8 Å². The van der Waals surface area contributed by atoms with E-state index in [9.17, 15) is 14.4 Å². The van der Waals surface area contributed by atoms with Crippen LogP contribution in [-0.4, -0.2) is 16.6 Å². The molecule has 4 rings (SSSR count). The maximum Gasteiger partial charge on any atom is 0.307 e. The first-order chi connectivity index (χ1) is 12.1. The van der Waals surface area contributed by atoms with Crippen molar-refractivity contribution in [2.45, 2.75) is 5.03 Å².